The van der Waals surface area contributed by atoms with Crippen molar-refractivity contribution < 1.29 is 0 Å². The van der Waals surface area contributed by atoms with Crippen LogP contribution < -0.4 is 0 Å². The van der Waals surface area contributed by atoms with Crippen molar-refractivity contribution >= 4 is 109 Å². The first-order valence-corrected chi connectivity index (χ1v) is 34.8. The third-order valence-electron chi connectivity index (χ3n) is 21.3. The monoisotopic (exact) mass is 1260 g/mol. The van der Waals surface area contributed by atoms with Crippen LogP contribution >= 0.6 is 0 Å². The molecule has 11 aromatic carbocycles. The quantitative estimate of drug-likeness (QED) is 0.169. The van der Waals surface area contributed by atoms with Crippen LogP contribution in [-0.2, 0) is 32.5 Å². The molecule has 16 rings (SSSR count). The number of nitrogens with zero attached hydrogens (tertiary/aromatic N) is 6. The molecule has 6 heteroatoms. The number of fused-ring (bicyclic) bond motifs is 15. The van der Waals surface area contributed by atoms with Gasteiger partial charge in [-0.2, -0.15) is 5.26 Å². The molecule has 0 aliphatic carbocycles. The van der Waals surface area contributed by atoms with Crippen molar-refractivity contribution in [1.82, 2.24) is 22.8 Å². The molecule has 0 spiro atoms. The van der Waals surface area contributed by atoms with Gasteiger partial charge in [0.05, 0.1) is 83.6 Å². The van der Waals surface area contributed by atoms with Gasteiger partial charge >= 0.3 is 0 Å². The third kappa shape index (κ3) is 9.38. The minimum absolute atomic E-state index is 0.159. The van der Waals surface area contributed by atoms with E-state index in [4.69, 9.17) is 0 Å². The molecule has 5 heterocycles. The molecule has 0 atom stereocenters. The standard InChI is InChI=1S/C91H88N6/c1-86(2,3)54-35-41-75-64(47-54)65-48-55(87(4,5)6)36-42-76(65)93(75)81-70(53-92)82(94-77-43-37-56(88(7,8)9)49-66(77)67-50-57(89(10,11)12)38-44-78(67)94)84(96-73-33-25-21-29-62(73)63-30-22-26-34-74(63)96)85(83(81)95-71-31-23-19-27-60(71)61-28-20-24-32-72(61)95)97-79-45-39-58(90(13,14)15)51-68(79)69-52-59(91(16,17)18)40-46-80(69)97/h19-52H,1-18H3. The summed E-state index contributed by atoms with van der Waals surface area (Å²) in [4.78, 5) is 0. The Morgan fingerprint density at radius 1 is 0.206 bits per heavy atom. The van der Waals surface area contributed by atoms with Gasteiger partial charge in [-0.15, -0.1) is 0 Å². The smallest absolute Gasteiger partial charge is 0.105 e. The summed E-state index contributed by atoms with van der Waals surface area (Å²) in [6.07, 6.45) is 0. The molecule has 0 radical (unpaired) electrons. The van der Waals surface area contributed by atoms with E-state index < -0.39 is 0 Å². The van der Waals surface area contributed by atoms with E-state index in [1.165, 1.54) is 44.2 Å². The number of hydrogen-bond acceptors (Lipinski definition) is 1. The van der Waals surface area contributed by atoms with Crippen LogP contribution in [0, 0.1) is 11.3 Å². The van der Waals surface area contributed by atoms with E-state index in [9.17, 15) is 5.26 Å². The van der Waals surface area contributed by atoms with Gasteiger partial charge in [-0.05, 0) is 163 Å². The Morgan fingerprint density at radius 3 is 0.557 bits per heavy atom. The average molecular weight is 1270 g/mol. The highest BCUT2D eigenvalue weighted by atomic mass is 15.2. The lowest BCUT2D eigenvalue weighted by Gasteiger charge is -2.30. The van der Waals surface area contributed by atoms with Crippen molar-refractivity contribution in [3.8, 4) is 34.5 Å². The van der Waals surface area contributed by atoms with E-state index in [0.29, 0.717) is 5.56 Å². The normalized spacial score (nSPS) is 13.2. The molecule has 0 fully saturated rings. The topological polar surface area (TPSA) is 48.4 Å². The first-order valence-electron chi connectivity index (χ1n) is 34.8. The molecule has 97 heavy (non-hydrogen) atoms. The summed E-state index contributed by atoms with van der Waals surface area (Å²) < 4.78 is 12.7. The molecule has 0 bridgehead atoms. The Kier molecular flexibility index (Phi) is 13.3. The molecular formula is C91H88N6. The molecule has 0 amide bonds. The van der Waals surface area contributed by atoms with Crippen molar-refractivity contribution in [1.29, 1.82) is 5.26 Å². The van der Waals surface area contributed by atoms with Gasteiger partial charge in [0.25, 0.3) is 0 Å². The third-order valence-corrected chi connectivity index (χ3v) is 21.3. The molecule has 5 aromatic heterocycles. The van der Waals surface area contributed by atoms with Gasteiger partial charge in [-0.25, -0.2) is 0 Å². The molecule has 0 unspecified atom stereocenters. The fourth-order valence-corrected chi connectivity index (χ4v) is 15.8. The lowest BCUT2D eigenvalue weighted by molar-refractivity contribution is 0.590. The zero-order valence-corrected chi connectivity index (χ0v) is 59.8. The summed E-state index contributed by atoms with van der Waals surface area (Å²) in [6.45, 7) is 41.7. The summed E-state index contributed by atoms with van der Waals surface area (Å²) in [5.74, 6) is 0. The molecule has 482 valence electrons. The summed E-state index contributed by atoms with van der Waals surface area (Å²) in [5, 5.41) is 25.1. The zero-order valence-electron chi connectivity index (χ0n) is 59.8. The highest BCUT2D eigenvalue weighted by molar-refractivity contribution is 6.18. The number of benzene rings is 11. The second kappa shape index (κ2) is 21.0. The lowest BCUT2D eigenvalue weighted by atomic mass is 9.85. The van der Waals surface area contributed by atoms with Crippen LogP contribution in [0.1, 0.15) is 164 Å². The molecule has 0 aliphatic heterocycles. The number of hydrogen-bond donors (Lipinski definition) is 0. The summed E-state index contributed by atoms with van der Waals surface area (Å²) in [7, 11) is 0. The van der Waals surface area contributed by atoms with E-state index in [1.807, 2.05) is 0 Å². The van der Waals surface area contributed by atoms with Crippen molar-refractivity contribution in [2.45, 2.75) is 157 Å². The van der Waals surface area contributed by atoms with Gasteiger partial charge < -0.3 is 22.8 Å². The van der Waals surface area contributed by atoms with Crippen molar-refractivity contribution in [2.24, 2.45) is 0 Å². The first kappa shape index (κ1) is 61.8. The number of rotatable bonds is 5. The summed E-state index contributed by atoms with van der Waals surface area (Å²) >= 11 is 0. The van der Waals surface area contributed by atoms with Crippen molar-refractivity contribution in [3.63, 3.8) is 0 Å². The van der Waals surface area contributed by atoms with E-state index in [2.05, 4.69) is 360 Å². The minimum atomic E-state index is -0.160. The predicted octanol–water partition coefficient (Wildman–Crippen LogP) is 24.8. The number of aromatic nitrogens is 5. The SMILES string of the molecule is CC(C)(C)c1ccc2c(c1)c1cc(C(C)(C)C)ccc1n2-c1c(C#N)c(-n2c3ccc(C(C)(C)C)cc3c3cc(C(C)(C)C)ccc32)c(-n2c3ccccc3c3ccccc32)c(-n2c3ccc(C(C)(C)C)cc3c3cc(C(C)(C)C)ccc32)c1-n1c2ccccc2c2ccccc21. The summed E-state index contributed by atoms with van der Waals surface area (Å²) in [5.41, 5.74) is 21.7. The largest absolute Gasteiger partial charge is 0.306 e. The molecule has 0 aliphatic rings. The van der Waals surface area contributed by atoms with Crippen LogP contribution in [0.3, 0.4) is 0 Å². The Balaban J connectivity index is 1.29. The zero-order chi connectivity index (χ0) is 68.1. The van der Waals surface area contributed by atoms with Gasteiger partial charge in [-0.1, -0.05) is 234 Å². The Morgan fingerprint density at radius 2 is 0.371 bits per heavy atom. The van der Waals surface area contributed by atoms with E-state index in [1.54, 1.807) is 0 Å². The Labute approximate surface area is 570 Å². The molecule has 16 aromatic rings. The maximum atomic E-state index is 13.7. The second-order valence-electron chi connectivity index (χ2n) is 33.9. The van der Waals surface area contributed by atoms with E-state index >= 15 is 0 Å². The van der Waals surface area contributed by atoms with Crippen LogP contribution in [0.15, 0.2) is 206 Å². The molecule has 0 N–H and O–H groups in total. The van der Waals surface area contributed by atoms with Gasteiger partial charge in [0.15, 0.2) is 0 Å². The van der Waals surface area contributed by atoms with Gasteiger partial charge in [-0.3, -0.25) is 0 Å². The molecule has 0 saturated carbocycles. The predicted molar refractivity (Wildman–Crippen MR) is 415 cm³/mol. The lowest BCUT2D eigenvalue weighted by Crippen LogP contribution is -2.19. The molecule has 0 saturated heterocycles. The Hall–Kier alpha value is -10.1. The fourth-order valence-electron chi connectivity index (χ4n) is 15.8. The maximum Gasteiger partial charge on any atom is 0.105 e. The number of para-hydroxylation sites is 4. The second-order valence-corrected chi connectivity index (χ2v) is 33.9. The van der Waals surface area contributed by atoms with Gasteiger partial charge in [0, 0.05) is 53.9 Å². The first-order chi connectivity index (χ1) is 45.9. The molecule has 6 nitrogen and oxygen atoms in total. The van der Waals surface area contributed by atoms with Gasteiger partial charge in [0.2, 0.25) is 0 Å². The maximum absolute atomic E-state index is 13.7. The molecular weight excluding hydrogens is 1180 g/mol. The fraction of sp³-hybridized carbons (Fsp3) is 0.264. The van der Waals surface area contributed by atoms with Crippen LogP contribution in [-0.4, -0.2) is 22.8 Å². The summed E-state index contributed by atoms with van der Waals surface area (Å²) in [6, 6.07) is 82.0. The van der Waals surface area contributed by atoms with Gasteiger partial charge in [0.1, 0.15) is 11.6 Å². The highest BCUT2D eigenvalue weighted by Crippen LogP contribution is 2.53. The Bertz CT molecular complexity index is 5450. The average Bonchev–Trinajstić information content (AvgIpc) is 1.48. The van der Waals surface area contributed by atoms with Crippen LogP contribution in [0.2, 0.25) is 0 Å². The van der Waals surface area contributed by atoms with Crippen LogP contribution in [0.25, 0.3) is 137 Å². The van der Waals surface area contributed by atoms with E-state index in [0.717, 1.165) is 127 Å². The van der Waals surface area contributed by atoms with Crippen molar-refractivity contribution in [3.05, 3.63) is 245 Å². The highest BCUT2D eigenvalue weighted by Gasteiger charge is 2.38. The van der Waals surface area contributed by atoms with Crippen LogP contribution in [0.5, 0.6) is 0 Å². The van der Waals surface area contributed by atoms with E-state index in [-0.39, 0.29) is 32.5 Å². The number of nitriles is 1. The minimum Gasteiger partial charge on any atom is -0.306 e. The van der Waals surface area contributed by atoms with Crippen molar-refractivity contribution in [2.75, 3.05) is 0 Å². The van der Waals surface area contributed by atoms with Crippen LogP contribution in [0.4, 0.5) is 0 Å².